The van der Waals surface area contributed by atoms with Crippen LogP contribution in [0.5, 0.6) is 5.75 Å². The number of hydrogen-bond donors (Lipinski definition) is 4. The monoisotopic (exact) mass is 388 g/mol. The Bertz CT molecular complexity index is 1030. The van der Waals surface area contributed by atoms with E-state index in [9.17, 15) is 23.3 Å². The number of sulfonamides is 1. The SMILES string of the molecule is O=C(O)c1cccc2c1OB(O)C(NS(=O)(=O)c1ccc3c(c1)CNC3)C2. The van der Waals surface area contributed by atoms with Gasteiger partial charge in [0, 0.05) is 13.1 Å². The average molecular weight is 388 g/mol. The van der Waals surface area contributed by atoms with Gasteiger partial charge >= 0.3 is 13.1 Å². The number of fused-ring (bicyclic) bond motifs is 2. The minimum Gasteiger partial charge on any atom is -0.534 e. The maximum Gasteiger partial charge on any atom is 0.542 e. The van der Waals surface area contributed by atoms with Gasteiger partial charge in [0.1, 0.15) is 5.75 Å². The van der Waals surface area contributed by atoms with Gasteiger partial charge < -0.3 is 20.1 Å². The molecule has 1 unspecified atom stereocenters. The van der Waals surface area contributed by atoms with E-state index in [2.05, 4.69) is 10.0 Å². The Morgan fingerprint density at radius 2 is 1.96 bits per heavy atom. The molecule has 0 radical (unpaired) electrons. The number of benzene rings is 2. The van der Waals surface area contributed by atoms with Crippen LogP contribution in [-0.2, 0) is 29.5 Å². The molecule has 2 aliphatic rings. The highest BCUT2D eigenvalue weighted by Gasteiger charge is 2.39. The van der Waals surface area contributed by atoms with Crippen molar-refractivity contribution in [2.75, 3.05) is 0 Å². The van der Waals surface area contributed by atoms with Crippen LogP contribution in [0.15, 0.2) is 41.3 Å². The Balaban J connectivity index is 1.59. The van der Waals surface area contributed by atoms with Crippen LogP contribution in [0, 0.1) is 0 Å². The lowest BCUT2D eigenvalue weighted by atomic mass is 9.73. The summed E-state index contributed by atoms with van der Waals surface area (Å²) in [4.78, 5) is 11.4. The Morgan fingerprint density at radius 3 is 2.74 bits per heavy atom. The molecule has 0 aromatic heterocycles. The molecule has 0 bridgehead atoms. The van der Waals surface area contributed by atoms with E-state index in [1.807, 2.05) is 0 Å². The molecule has 27 heavy (non-hydrogen) atoms. The lowest BCUT2D eigenvalue weighted by Gasteiger charge is -2.28. The number of hydrogen-bond acceptors (Lipinski definition) is 6. The highest BCUT2D eigenvalue weighted by molar-refractivity contribution is 7.89. The van der Waals surface area contributed by atoms with E-state index in [1.165, 1.54) is 12.1 Å². The van der Waals surface area contributed by atoms with Crippen LogP contribution in [0.4, 0.5) is 0 Å². The molecule has 10 heteroatoms. The van der Waals surface area contributed by atoms with Gasteiger partial charge in [-0.2, -0.15) is 0 Å². The third-order valence-electron chi connectivity index (χ3n) is 4.78. The van der Waals surface area contributed by atoms with E-state index in [-0.39, 0.29) is 22.6 Å². The fourth-order valence-corrected chi connectivity index (χ4v) is 4.68. The Hall–Kier alpha value is -2.40. The predicted molar refractivity (Wildman–Crippen MR) is 96.8 cm³/mol. The van der Waals surface area contributed by atoms with E-state index in [0.717, 1.165) is 11.1 Å². The number of carboxylic acid groups (broad SMARTS) is 1. The largest absolute Gasteiger partial charge is 0.542 e. The van der Waals surface area contributed by atoms with Crippen LogP contribution in [0.1, 0.15) is 27.0 Å². The average Bonchev–Trinajstić information content (AvgIpc) is 3.09. The van der Waals surface area contributed by atoms with Gasteiger partial charge in [0.25, 0.3) is 0 Å². The summed E-state index contributed by atoms with van der Waals surface area (Å²) in [5.41, 5.74) is 2.44. The molecule has 4 rings (SSSR count). The van der Waals surface area contributed by atoms with Crippen molar-refractivity contribution in [1.82, 2.24) is 10.0 Å². The smallest absolute Gasteiger partial charge is 0.534 e. The third-order valence-corrected chi connectivity index (χ3v) is 6.26. The van der Waals surface area contributed by atoms with Crippen LogP contribution in [0.2, 0.25) is 0 Å². The molecule has 0 amide bonds. The first-order valence-electron chi connectivity index (χ1n) is 8.40. The first-order valence-corrected chi connectivity index (χ1v) is 9.88. The van der Waals surface area contributed by atoms with E-state index in [4.69, 9.17) is 4.65 Å². The van der Waals surface area contributed by atoms with Crippen molar-refractivity contribution < 1.29 is 28.0 Å². The molecule has 0 saturated heterocycles. The Labute approximate surface area is 156 Å². The summed E-state index contributed by atoms with van der Waals surface area (Å²) >= 11 is 0. The molecule has 2 aromatic rings. The minimum atomic E-state index is -3.88. The van der Waals surface area contributed by atoms with E-state index >= 15 is 0 Å². The van der Waals surface area contributed by atoms with Crippen LogP contribution in [0.3, 0.4) is 0 Å². The summed E-state index contributed by atoms with van der Waals surface area (Å²) in [5.74, 6) is -2.04. The van der Waals surface area contributed by atoms with Crippen molar-refractivity contribution in [1.29, 1.82) is 0 Å². The number of aromatic carboxylic acids is 1. The first-order chi connectivity index (χ1) is 12.8. The molecular weight excluding hydrogens is 371 g/mol. The number of para-hydroxylation sites is 1. The van der Waals surface area contributed by atoms with Gasteiger partial charge in [-0.3, -0.25) is 0 Å². The third kappa shape index (κ3) is 3.32. The van der Waals surface area contributed by atoms with Crippen molar-refractivity contribution in [3.8, 4) is 5.75 Å². The molecule has 0 spiro atoms. The van der Waals surface area contributed by atoms with Gasteiger partial charge in [-0.1, -0.05) is 18.2 Å². The number of nitrogens with one attached hydrogen (secondary N) is 2. The van der Waals surface area contributed by atoms with E-state index < -0.39 is 29.1 Å². The zero-order chi connectivity index (χ0) is 19.2. The molecular formula is C17H17BN2O6S. The van der Waals surface area contributed by atoms with Gasteiger partial charge in [0.2, 0.25) is 10.0 Å². The van der Waals surface area contributed by atoms with Crippen LogP contribution < -0.4 is 14.7 Å². The molecule has 8 nitrogen and oxygen atoms in total. The summed E-state index contributed by atoms with van der Waals surface area (Å²) in [6.45, 7) is 1.32. The van der Waals surface area contributed by atoms with Gasteiger partial charge in [-0.25, -0.2) is 17.9 Å². The topological polar surface area (TPSA) is 125 Å². The standard InChI is InChI=1S/C17H17BN2O6S/c21-17(22)14-3-1-2-10-7-15(18(23)26-16(10)14)20-27(24,25)13-5-4-11-8-19-9-12(11)6-13/h1-6,15,19-20,23H,7-9H2,(H,21,22). The van der Waals surface area contributed by atoms with Crippen molar-refractivity contribution in [3.63, 3.8) is 0 Å². The van der Waals surface area contributed by atoms with Crippen molar-refractivity contribution in [2.24, 2.45) is 0 Å². The van der Waals surface area contributed by atoms with Crippen LogP contribution in [-0.4, -0.2) is 37.6 Å². The fourth-order valence-electron chi connectivity index (χ4n) is 3.40. The molecule has 0 fully saturated rings. The lowest BCUT2D eigenvalue weighted by Crippen LogP contribution is -2.53. The number of rotatable bonds is 4. The number of carbonyl (C=O) groups is 1. The summed E-state index contributed by atoms with van der Waals surface area (Å²) < 4.78 is 33.3. The molecule has 2 aromatic carbocycles. The maximum atomic E-state index is 12.7. The second-order valence-corrected chi connectivity index (χ2v) is 8.29. The Morgan fingerprint density at radius 1 is 1.19 bits per heavy atom. The summed E-state index contributed by atoms with van der Waals surface area (Å²) in [6.07, 6.45) is 0.114. The van der Waals surface area contributed by atoms with Crippen molar-refractivity contribution in [2.45, 2.75) is 30.3 Å². The molecule has 0 saturated carbocycles. The molecule has 0 aliphatic carbocycles. The summed E-state index contributed by atoms with van der Waals surface area (Å²) in [7, 11) is -5.37. The second kappa shape index (κ2) is 6.64. The summed E-state index contributed by atoms with van der Waals surface area (Å²) in [6, 6.07) is 9.49. The first kappa shape index (κ1) is 18.0. The highest BCUT2D eigenvalue weighted by atomic mass is 32.2. The molecule has 1 atom stereocenters. The highest BCUT2D eigenvalue weighted by Crippen LogP contribution is 2.30. The number of carboxylic acids is 1. The van der Waals surface area contributed by atoms with E-state index in [1.54, 1.807) is 24.3 Å². The molecule has 2 aliphatic heterocycles. The maximum absolute atomic E-state index is 12.7. The zero-order valence-electron chi connectivity index (χ0n) is 14.2. The van der Waals surface area contributed by atoms with Crippen LogP contribution >= 0.6 is 0 Å². The van der Waals surface area contributed by atoms with Gasteiger partial charge in [0.05, 0.1) is 16.4 Å². The van der Waals surface area contributed by atoms with Gasteiger partial charge in [-0.05, 0) is 41.3 Å². The molecule has 4 N–H and O–H groups in total. The quantitative estimate of drug-likeness (QED) is 0.555. The molecule has 2 heterocycles. The minimum absolute atomic E-state index is 0.0663. The molecule has 140 valence electrons. The van der Waals surface area contributed by atoms with Crippen LogP contribution in [0.25, 0.3) is 0 Å². The van der Waals surface area contributed by atoms with Gasteiger partial charge in [0.15, 0.2) is 0 Å². The van der Waals surface area contributed by atoms with Crippen molar-refractivity contribution in [3.05, 3.63) is 58.7 Å². The predicted octanol–water partition coefficient (Wildman–Crippen LogP) is 0.290. The van der Waals surface area contributed by atoms with Crippen molar-refractivity contribution >= 4 is 23.1 Å². The normalized spacial score (nSPS) is 18.6. The lowest BCUT2D eigenvalue weighted by molar-refractivity contribution is 0.0694. The summed E-state index contributed by atoms with van der Waals surface area (Å²) in [5, 5.41) is 22.6. The van der Waals surface area contributed by atoms with Gasteiger partial charge in [-0.15, -0.1) is 0 Å². The Kier molecular flexibility index (Phi) is 4.43. The zero-order valence-corrected chi connectivity index (χ0v) is 15.0. The van der Waals surface area contributed by atoms with E-state index in [0.29, 0.717) is 18.7 Å². The second-order valence-electron chi connectivity index (χ2n) is 6.57. The fraction of sp³-hybridized carbons (Fsp3) is 0.235.